The SMILES string of the molecule is COc1cc(CC(COC(C)=O)C(COC(C)=O)Cc2cc(OC)c(OC(C)=O)c(-c3cc(/C=C/COC(C)=O)cc(OC)c3OC(C)=O)c2)ccc1OC(C)=O. The highest BCUT2D eigenvalue weighted by atomic mass is 16.6. The molecule has 2 atom stereocenters. The maximum atomic E-state index is 12.5. The quantitative estimate of drug-likeness (QED) is 0.0796. The van der Waals surface area contributed by atoms with Crippen LogP contribution in [0, 0.1) is 11.8 Å². The van der Waals surface area contributed by atoms with E-state index >= 15 is 0 Å². The average Bonchev–Trinajstić information content (AvgIpc) is 3.14. The molecular weight excluding hydrogens is 744 g/mol. The minimum atomic E-state index is -0.662. The van der Waals surface area contributed by atoms with Gasteiger partial charge in [0.15, 0.2) is 34.5 Å². The van der Waals surface area contributed by atoms with Crippen LogP contribution >= 0.6 is 0 Å². The monoisotopic (exact) mass is 792 g/mol. The second-order valence-electron chi connectivity index (χ2n) is 12.8. The van der Waals surface area contributed by atoms with Gasteiger partial charge in [0, 0.05) is 64.5 Å². The van der Waals surface area contributed by atoms with Crippen molar-refractivity contribution in [3.8, 4) is 45.6 Å². The highest BCUT2D eigenvalue weighted by Gasteiger charge is 2.29. The van der Waals surface area contributed by atoms with Crippen LogP contribution in [-0.4, -0.2) is 77.0 Å². The molecule has 57 heavy (non-hydrogen) atoms. The Morgan fingerprint density at radius 2 is 0.982 bits per heavy atom. The van der Waals surface area contributed by atoms with E-state index in [-0.39, 0.29) is 66.1 Å². The predicted octanol–water partition coefficient (Wildman–Crippen LogP) is 5.88. The van der Waals surface area contributed by atoms with Crippen molar-refractivity contribution in [2.45, 2.75) is 54.4 Å². The summed E-state index contributed by atoms with van der Waals surface area (Å²) in [6.07, 6.45) is 3.79. The zero-order chi connectivity index (χ0) is 42.2. The Hall–Kier alpha value is -6.38. The number of methoxy groups -OCH3 is 3. The van der Waals surface area contributed by atoms with E-state index in [1.165, 1.54) is 62.9 Å². The molecule has 0 N–H and O–H groups in total. The smallest absolute Gasteiger partial charge is 0.308 e. The van der Waals surface area contributed by atoms with Gasteiger partial charge in [0.2, 0.25) is 0 Å². The topological polar surface area (TPSA) is 185 Å². The summed E-state index contributed by atoms with van der Waals surface area (Å²) >= 11 is 0. The molecule has 2 unspecified atom stereocenters. The number of ether oxygens (including phenoxy) is 9. The molecule has 0 aliphatic rings. The summed E-state index contributed by atoms with van der Waals surface area (Å²) in [5.41, 5.74) is 2.45. The van der Waals surface area contributed by atoms with Crippen LogP contribution in [0.5, 0.6) is 34.5 Å². The molecule has 3 rings (SSSR count). The molecule has 0 saturated heterocycles. The lowest BCUT2D eigenvalue weighted by Crippen LogP contribution is -2.30. The Balaban J connectivity index is 2.28. The minimum absolute atomic E-state index is 0.0119. The minimum Gasteiger partial charge on any atom is -0.493 e. The van der Waals surface area contributed by atoms with Crippen molar-refractivity contribution in [3.63, 3.8) is 0 Å². The summed E-state index contributed by atoms with van der Waals surface area (Å²) < 4.78 is 49.6. The zero-order valence-electron chi connectivity index (χ0n) is 33.5. The van der Waals surface area contributed by atoms with Crippen molar-refractivity contribution < 1.29 is 71.4 Å². The van der Waals surface area contributed by atoms with Crippen molar-refractivity contribution >= 4 is 41.9 Å². The van der Waals surface area contributed by atoms with Gasteiger partial charge in [-0.25, -0.2) is 0 Å². The standard InChI is InChI=1S/C42H48O15/c1-24(43)52-14-10-11-30-17-35(41(56-28(5)47)39(20-30)50-8)36-18-32(21-40(51-9)42(36)57-29(6)48)16-34(23-54-26(3)45)33(22-53-25(2)44)15-31-12-13-37(55-27(4)46)38(19-31)49-7/h10-13,17-21,33-34H,14-16,22-23H2,1-9H3/b11-10+. The van der Waals surface area contributed by atoms with Gasteiger partial charge in [0.05, 0.1) is 34.5 Å². The molecule has 306 valence electrons. The molecule has 0 aliphatic heterocycles. The summed E-state index contributed by atoms with van der Waals surface area (Å²) in [6.45, 7) is 7.43. The number of carbonyl (C=O) groups is 6. The van der Waals surface area contributed by atoms with Crippen LogP contribution in [0.2, 0.25) is 0 Å². The third-order valence-corrected chi connectivity index (χ3v) is 8.25. The lowest BCUT2D eigenvalue weighted by molar-refractivity contribution is -0.147. The summed E-state index contributed by atoms with van der Waals surface area (Å²) in [4.78, 5) is 72.2. The van der Waals surface area contributed by atoms with Crippen LogP contribution in [0.1, 0.15) is 58.2 Å². The van der Waals surface area contributed by atoms with E-state index < -0.39 is 47.7 Å². The van der Waals surface area contributed by atoms with E-state index in [1.807, 2.05) is 0 Å². The van der Waals surface area contributed by atoms with Crippen LogP contribution in [0.3, 0.4) is 0 Å². The molecule has 3 aromatic rings. The van der Waals surface area contributed by atoms with Gasteiger partial charge in [0.25, 0.3) is 0 Å². The van der Waals surface area contributed by atoms with Crippen molar-refractivity contribution in [1.29, 1.82) is 0 Å². The van der Waals surface area contributed by atoms with E-state index in [4.69, 9.17) is 42.6 Å². The molecular formula is C42H48O15. The van der Waals surface area contributed by atoms with E-state index in [0.29, 0.717) is 23.3 Å². The Labute approximate surface area is 331 Å². The van der Waals surface area contributed by atoms with Crippen molar-refractivity contribution in [1.82, 2.24) is 0 Å². The largest absolute Gasteiger partial charge is 0.493 e. The lowest BCUT2D eigenvalue weighted by atomic mass is 9.83. The summed E-state index contributed by atoms with van der Waals surface area (Å²) in [5.74, 6) is -3.42. The molecule has 0 heterocycles. The summed E-state index contributed by atoms with van der Waals surface area (Å²) in [7, 11) is 4.23. The molecule has 0 amide bonds. The van der Waals surface area contributed by atoms with Gasteiger partial charge in [-0.05, 0) is 72.0 Å². The molecule has 15 nitrogen and oxygen atoms in total. The number of esters is 6. The van der Waals surface area contributed by atoms with Crippen LogP contribution in [0.4, 0.5) is 0 Å². The molecule has 0 aromatic heterocycles. The fourth-order valence-corrected chi connectivity index (χ4v) is 5.90. The fraction of sp³-hybridized carbons (Fsp3) is 0.381. The third-order valence-electron chi connectivity index (χ3n) is 8.25. The average molecular weight is 793 g/mol. The van der Waals surface area contributed by atoms with E-state index in [9.17, 15) is 28.8 Å². The van der Waals surface area contributed by atoms with Gasteiger partial charge >= 0.3 is 35.8 Å². The molecule has 0 radical (unpaired) electrons. The van der Waals surface area contributed by atoms with Crippen LogP contribution in [-0.2, 0) is 55.8 Å². The number of rotatable bonds is 19. The van der Waals surface area contributed by atoms with Crippen LogP contribution in [0.25, 0.3) is 17.2 Å². The molecule has 0 aliphatic carbocycles. The highest BCUT2D eigenvalue weighted by molar-refractivity contribution is 5.87. The maximum Gasteiger partial charge on any atom is 0.308 e. The van der Waals surface area contributed by atoms with Gasteiger partial charge in [-0.2, -0.15) is 0 Å². The molecule has 3 aromatic carbocycles. The van der Waals surface area contributed by atoms with Crippen molar-refractivity contribution in [3.05, 3.63) is 65.2 Å². The molecule has 0 fully saturated rings. The highest BCUT2D eigenvalue weighted by Crippen LogP contribution is 2.47. The van der Waals surface area contributed by atoms with Crippen LogP contribution < -0.4 is 28.4 Å². The lowest BCUT2D eigenvalue weighted by Gasteiger charge is -2.28. The van der Waals surface area contributed by atoms with E-state index in [0.717, 1.165) is 5.56 Å². The van der Waals surface area contributed by atoms with Crippen LogP contribution in [0.15, 0.2) is 48.5 Å². The molecule has 15 heteroatoms. The number of carbonyl (C=O) groups excluding carboxylic acids is 6. The number of hydrogen-bond acceptors (Lipinski definition) is 15. The van der Waals surface area contributed by atoms with Gasteiger partial charge in [-0.3, -0.25) is 28.8 Å². The first kappa shape index (κ1) is 45.0. The zero-order valence-corrected chi connectivity index (χ0v) is 33.5. The first-order chi connectivity index (χ1) is 27.0. The Kier molecular flexibility index (Phi) is 17.1. The fourth-order valence-electron chi connectivity index (χ4n) is 5.90. The van der Waals surface area contributed by atoms with E-state index in [1.54, 1.807) is 54.6 Å². The second-order valence-corrected chi connectivity index (χ2v) is 12.8. The third kappa shape index (κ3) is 14.0. The Morgan fingerprint density at radius 1 is 0.509 bits per heavy atom. The molecule has 0 bridgehead atoms. The van der Waals surface area contributed by atoms with Gasteiger partial charge in [-0.1, -0.05) is 12.1 Å². The summed E-state index contributed by atoms with van der Waals surface area (Å²) in [6, 6.07) is 11.7. The number of hydrogen-bond donors (Lipinski definition) is 0. The Bertz CT molecular complexity index is 1980. The van der Waals surface area contributed by atoms with Crippen molar-refractivity contribution in [2.24, 2.45) is 11.8 Å². The second kappa shape index (κ2) is 21.6. The first-order valence-electron chi connectivity index (χ1n) is 17.8. The van der Waals surface area contributed by atoms with E-state index in [2.05, 4.69) is 0 Å². The summed E-state index contributed by atoms with van der Waals surface area (Å²) in [5, 5.41) is 0. The van der Waals surface area contributed by atoms with Gasteiger partial charge in [-0.15, -0.1) is 0 Å². The van der Waals surface area contributed by atoms with Crippen molar-refractivity contribution in [2.75, 3.05) is 41.2 Å². The molecule has 0 saturated carbocycles. The maximum absolute atomic E-state index is 12.5. The Morgan fingerprint density at radius 3 is 1.47 bits per heavy atom. The number of benzene rings is 3. The molecule has 0 spiro atoms. The van der Waals surface area contributed by atoms with Gasteiger partial charge < -0.3 is 42.6 Å². The normalized spacial score (nSPS) is 11.8. The predicted molar refractivity (Wildman–Crippen MR) is 205 cm³/mol. The van der Waals surface area contributed by atoms with Gasteiger partial charge in [0.1, 0.15) is 6.61 Å². The first-order valence-corrected chi connectivity index (χ1v) is 17.8.